The molecule has 5 rings (SSSR count). The molecule has 4 aromatic rings. The standard InChI is InChI=1S/C26H26ClN5OS/c1-17-18(2)34-25-23(17)24(29-22(30-25)16-19-6-4-3-5-7-19)31-12-14-32(15-13-31)26(33)28-21-10-8-20(27)9-11-21/h3-11H,12-16H2,1-2H3,(H,28,33). The van der Waals surface area contributed by atoms with Crippen LogP contribution in [0.25, 0.3) is 10.2 Å². The third-order valence-corrected chi connectivity index (χ3v) is 7.58. The number of fused-ring (bicyclic) bond motifs is 1. The van der Waals surface area contributed by atoms with E-state index in [2.05, 4.69) is 36.2 Å². The molecule has 1 N–H and O–H groups in total. The van der Waals surface area contributed by atoms with Crippen LogP contribution in [-0.2, 0) is 6.42 Å². The second kappa shape index (κ2) is 9.60. The molecule has 8 heteroatoms. The summed E-state index contributed by atoms with van der Waals surface area (Å²) in [4.78, 5) is 29.1. The topological polar surface area (TPSA) is 61.4 Å². The Morgan fingerprint density at radius 1 is 1.00 bits per heavy atom. The number of carbonyl (C=O) groups excluding carboxylic acids is 1. The Labute approximate surface area is 208 Å². The molecule has 174 valence electrons. The fourth-order valence-corrected chi connectivity index (χ4v) is 5.38. The van der Waals surface area contributed by atoms with Crippen LogP contribution in [0.2, 0.25) is 5.02 Å². The molecular weight excluding hydrogens is 466 g/mol. The van der Waals surface area contributed by atoms with Crippen molar-refractivity contribution in [3.05, 3.63) is 81.4 Å². The molecule has 2 aromatic heterocycles. The van der Waals surface area contributed by atoms with E-state index in [-0.39, 0.29) is 6.03 Å². The number of amides is 2. The summed E-state index contributed by atoms with van der Waals surface area (Å²) < 4.78 is 0. The zero-order chi connectivity index (χ0) is 23.7. The lowest BCUT2D eigenvalue weighted by atomic mass is 10.1. The Morgan fingerprint density at radius 3 is 2.41 bits per heavy atom. The predicted molar refractivity (Wildman–Crippen MR) is 140 cm³/mol. The number of aryl methyl sites for hydroxylation is 2. The number of thiophene rings is 1. The van der Waals surface area contributed by atoms with Gasteiger partial charge in [0.15, 0.2) is 0 Å². The van der Waals surface area contributed by atoms with Crippen molar-refractivity contribution >= 4 is 50.7 Å². The Kier molecular flexibility index (Phi) is 6.39. The molecule has 0 saturated carbocycles. The van der Waals surface area contributed by atoms with Gasteiger partial charge in [-0.3, -0.25) is 0 Å². The highest BCUT2D eigenvalue weighted by Gasteiger charge is 2.25. The van der Waals surface area contributed by atoms with Gasteiger partial charge in [-0.05, 0) is 49.2 Å². The van der Waals surface area contributed by atoms with Gasteiger partial charge >= 0.3 is 6.03 Å². The summed E-state index contributed by atoms with van der Waals surface area (Å²) in [6.45, 7) is 6.98. The van der Waals surface area contributed by atoms with E-state index in [1.165, 1.54) is 16.0 Å². The fourth-order valence-electron chi connectivity index (χ4n) is 4.21. The lowest BCUT2D eigenvalue weighted by Crippen LogP contribution is -2.50. The average molecular weight is 492 g/mol. The monoisotopic (exact) mass is 491 g/mol. The number of anilines is 2. The molecule has 0 radical (unpaired) electrons. The third kappa shape index (κ3) is 4.72. The molecule has 0 atom stereocenters. The van der Waals surface area contributed by atoms with Crippen molar-refractivity contribution in [3.8, 4) is 0 Å². The van der Waals surface area contributed by atoms with Gasteiger partial charge in [-0.1, -0.05) is 41.9 Å². The molecule has 1 saturated heterocycles. The molecule has 0 aliphatic carbocycles. The third-order valence-electron chi connectivity index (χ3n) is 6.22. The van der Waals surface area contributed by atoms with E-state index in [0.717, 1.165) is 40.6 Å². The number of nitrogens with zero attached hydrogens (tertiary/aromatic N) is 4. The van der Waals surface area contributed by atoms with E-state index in [4.69, 9.17) is 21.6 Å². The van der Waals surface area contributed by atoms with E-state index >= 15 is 0 Å². The largest absolute Gasteiger partial charge is 0.352 e. The van der Waals surface area contributed by atoms with E-state index in [9.17, 15) is 4.79 Å². The van der Waals surface area contributed by atoms with Gasteiger partial charge in [0.25, 0.3) is 0 Å². The van der Waals surface area contributed by atoms with E-state index in [1.54, 1.807) is 23.5 Å². The zero-order valence-electron chi connectivity index (χ0n) is 19.2. The van der Waals surface area contributed by atoms with Gasteiger partial charge in [0.1, 0.15) is 16.5 Å². The van der Waals surface area contributed by atoms with Gasteiger partial charge in [-0.25, -0.2) is 14.8 Å². The highest BCUT2D eigenvalue weighted by Crippen LogP contribution is 2.35. The van der Waals surface area contributed by atoms with Gasteiger partial charge < -0.3 is 15.1 Å². The molecule has 1 aliphatic heterocycles. The Bertz CT molecular complexity index is 1310. The summed E-state index contributed by atoms with van der Waals surface area (Å²) in [5.74, 6) is 1.81. The van der Waals surface area contributed by atoms with E-state index < -0.39 is 0 Å². The van der Waals surface area contributed by atoms with E-state index in [1.807, 2.05) is 35.2 Å². The minimum Gasteiger partial charge on any atom is -0.352 e. The van der Waals surface area contributed by atoms with Crippen LogP contribution in [0.5, 0.6) is 0 Å². The molecule has 0 bridgehead atoms. The number of aromatic nitrogens is 2. The number of nitrogens with one attached hydrogen (secondary N) is 1. The van der Waals surface area contributed by atoms with Crippen LogP contribution in [-0.4, -0.2) is 47.1 Å². The molecule has 0 spiro atoms. The van der Waals surface area contributed by atoms with Crippen molar-refractivity contribution in [1.29, 1.82) is 0 Å². The SMILES string of the molecule is Cc1sc2nc(Cc3ccccc3)nc(N3CCN(C(=O)Nc4ccc(Cl)cc4)CC3)c2c1C. The van der Waals surface area contributed by atoms with Crippen LogP contribution < -0.4 is 10.2 Å². The summed E-state index contributed by atoms with van der Waals surface area (Å²) in [6, 6.07) is 17.4. The summed E-state index contributed by atoms with van der Waals surface area (Å²) in [5.41, 5.74) is 3.18. The fraction of sp³-hybridized carbons (Fsp3) is 0.269. The normalized spacial score (nSPS) is 14.0. The van der Waals surface area contributed by atoms with Crippen molar-refractivity contribution in [3.63, 3.8) is 0 Å². The van der Waals surface area contributed by atoms with E-state index in [0.29, 0.717) is 24.5 Å². The van der Waals surface area contributed by atoms with Crippen molar-refractivity contribution in [1.82, 2.24) is 14.9 Å². The maximum Gasteiger partial charge on any atom is 0.321 e. The first-order chi connectivity index (χ1) is 16.5. The van der Waals surface area contributed by atoms with Crippen molar-refractivity contribution < 1.29 is 4.79 Å². The second-order valence-electron chi connectivity index (χ2n) is 8.50. The number of urea groups is 1. The van der Waals surface area contributed by atoms with Crippen LogP contribution in [0.15, 0.2) is 54.6 Å². The van der Waals surface area contributed by atoms with Gasteiger partial charge in [-0.15, -0.1) is 11.3 Å². The zero-order valence-corrected chi connectivity index (χ0v) is 20.8. The first-order valence-corrected chi connectivity index (χ1v) is 12.5. The van der Waals surface area contributed by atoms with Crippen LogP contribution in [0.4, 0.5) is 16.3 Å². The molecule has 3 heterocycles. The second-order valence-corrected chi connectivity index (χ2v) is 10.1. The molecular formula is C26H26ClN5OS. The first kappa shape index (κ1) is 22.6. The highest BCUT2D eigenvalue weighted by atomic mass is 35.5. The molecule has 1 aliphatic rings. The maximum atomic E-state index is 12.8. The van der Waals surface area contributed by atoms with Crippen LogP contribution >= 0.6 is 22.9 Å². The minimum absolute atomic E-state index is 0.0952. The lowest BCUT2D eigenvalue weighted by Gasteiger charge is -2.35. The van der Waals surface area contributed by atoms with Crippen LogP contribution in [0.1, 0.15) is 21.8 Å². The van der Waals surface area contributed by atoms with Crippen LogP contribution in [0, 0.1) is 13.8 Å². The smallest absolute Gasteiger partial charge is 0.321 e. The number of halogens is 1. The van der Waals surface area contributed by atoms with Crippen molar-refractivity contribution in [2.24, 2.45) is 0 Å². The lowest BCUT2D eigenvalue weighted by molar-refractivity contribution is 0.208. The van der Waals surface area contributed by atoms with Crippen molar-refractivity contribution in [2.45, 2.75) is 20.3 Å². The molecule has 1 fully saturated rings. The highest BCUT2D eigenvalue weighted by molar-refractivity contribution is 7.18. The predicted octanol–water partition coefficient (Wildman–Crippen LogP) is 5.91. The number of benzene rings is 2. The van der Waals surface area contributed by atoms with Crippen molar-refractivity contribution in [2.75, 3.05) is 36.4 Å². The summed E-state index contributed by atoms with van der Waals surface area (Å²) >= 11 is 7.67. The maximum absolute atomic E-state index is 12.8. The van der Waals surface area contributed by atoms with Gasteiger partial charge in [0.2, 0.25) is 0 Å². The Morgan fingerprint density at radius 2 is 1.71 bits per heavy atom. The molecule has 2 aromatic carbocycles. The summed E-state index contributed by atoms with van der Waals surface area (Å²) in [7, 11) is 0. The summed E-state index contributed by atoms with van der Waals surface area (Å²) in [5, 5.41) is 4.74. The van der Waals surface area contributed by atoms with Gasteiger partial charge in [0, 0.05) is 48.2 Å². The minimum atomic E-state index is -0.0952. The Balaban J connectivity index is 1.35. The van der Waals surface area contributed by atoms with Gasteiger partial charge in [-0.2, -0.15) is 0 Å². The first-order valence-electron chi connectivity index (χ1n) is 11.3. The summed E-state index contributed by atoms with van der Waals surface area (Å²) in [6.07, 6.45) is 0.698. The van der Waals surface area contributed by atoms with Crippen LogP contribution in [0.3, 0.4) is 0 Å². The molecule has 0 unspecified atom stereocenters. The number of piperazine rings is 1. The number of carbonyl (C=O) groups is 1. The average Bonchev–Trinajstić information content (AvgIpc) is 3.14. The number of hydrogen-bond donors (Lipinski definition) is 1. The van der Waals surface area contributed by atoms with Gasteiger partial charge in [0.05, 0.1) is 5.39 Å². The molecule has 6 nitrogen and oxygen atoms in total. The molecule has 2 amide bonds. The Hall–Kier alpha value is -3.16. The molecule has 34 heavy (non-hydrogen) atoms. The number of rotatable bonds is 4. The quantitative estimate of drug-likeness (QED) is 0.385. The number of hydrogen-bond acceptors (Lipinski definition) is 5.